The Labute approximate surface area is 124 Å². The minimum absolute atomic E-state index is 0.418. The lowest BCUT2D eigenvalue weighted by Crippen LogP contribution is -1.97. The summed E-state index contributed by atoms with van der Waals surface area (Å²) in [5.41, 5.74) is 7.23. The molecule has 0 saturated heterocycles. The second kappa shape index (κ2) is 5.83. The molecule has 2 N–H and O–H groups in total. The van der Waals surface area contributed by atoms with Crippen LogP contribution in [0, 0.1) is 0 Å². The second-order valence-electron chi connectivity index (χ2n) is 3.72. The summed E-state index contributed by atoms with van der Waals surface area (Å²) in [5.74, 6) is 0.730. The number of hydrogen-bond acceptors (Lipinski definition) is 2. The molecule has 94 valence electrons. The molecule has 0 aromatic heterocycles. The summed E-state index contributed by atoms with van der Waals surface area (Å²) in [6.45, 7) is 0.418. The van der Waals surface area contributed by atoms with Crippen molar-refractivity contribution < 1.29 is 4.74 Å². The van der Waals surface area contributed by atoms with E-state index in [4.69, 9.17) is 33.7 Å². The van der Waals surface area contributed by atoms with Crippen molar-refractivity contribution in [1.29, 1.82) is 0 Å². The molecule has 0 aliphatic heterocycles. The van der Waals surface area contributed by atoms with Crippen LogP contribution in [0.3, 0.4) is 0 Å². The largest absolute Gasteiger partial charge is 0.488 e. The molecule has 0 heterocycles. The van der Waals surface area contributed by atoms with Crippen LogP contribution in [-0.4, -0.2) is 0 Å². The summed E-state index contributed by atoms with van der Waals surface area (Å²) in [5, 5.41) is 1.20. The van der Waals surface area contributed by atoms with E-state index in [1.807, 2.05) is 12.1 Å². The van der Waals surface area contributed by atoms with Crippen molar-refractivity contribution in [3.8, 4) is 5.75 Å². The van der Waals surface area contributed by atoms with Crippen molar-refractivity contribution in [2.24, 2.45) is 0 Å². The molecule has 0 radical (unpaired) electrons. The van der Waals surface area contributed by atoms with Crippen LogP contribution >= 0.6 is 39.1 Å². The maximum Gasteiger partial charge on any atom is 0.134 e. The van der Waals surface area contributed by atoms with Gasteiger partial charge in [-0.15, -0.1) is 0 Å². The van der Waals surface area contributed by atoms with Crippen molar-refractivity contribution in [3.05, 3.63) is 56.5 Å². The molecule has 0 atom stereocenters. The lowest BCUT2D eigenvalue weighted by molar-refractivity contribution is 0.304. The van der Waals surface area contributed by atoms with E-state index in [9.17, 15) is 0 Å². The van der Waals surface area contributed by atoms with Crippen LogP contribution in [0.4, 0.5) is 5.69 Å². The Morgan fingerprint density at radius 3 is 2.56 bits per heavy atom. The molecule has 0 bridgehead atoms. The van der Waals surface area contributed by atoms with Crippen molar-refractivity contribution in [3.63, 3.8) is 0 Å². The molecule has 0 aliphatic rings. The molecule has 2 rings (SSSR count). The molecule has 0 unspecified atom stereocenters. The first kappa shape index (κ1) is 13.5. The number of rotatable bonds is 3. The Morgan fingerprint density at radius 1 is 1.11 bits per heavy atom. The molecule has 0 amide bonds. The first-order chi connectivity index (χ1) is 8.56. The van der Waals surface area contributed by atoms with Crippen molar-refractivity contribution in [1.82, 2.24) is 0 Å². The average Bonchev–Trinajstić information content (AvgIpc) is 2.32. The fourth-order valence-corrected chi connectivity index (χ4v) is 2.35. The van der Waals surface area contributed by atoms with Crippen LogP contribution < -0.4 is 10.5 Å². The van der Waals surface area contributed by atoms with Crippen molar-refractivity contribution in [2.45, 2.75) is 6.61 Å². The van der Waals surface area contributed by atoms with Gasteiger partial charge in [-0.2, -0.15) is 0 Å². The summed E-state index contributed by atoms with van der Waals surface area (Å²) in [6, 6.07) is 10.8. The first-order valence-corrected chi connectivity index (χ1v) is 6.73. The highest BCUT2D eigenvalue weighted by molar-refractivity contribution is 9.10. The Kier molecular flexibility index (Phi) is 4.38. The molecule has 5 heteroatoms. The van der Waals surface area contributed by atoms with Crippen LogP contribution in [0.5, 0.6) is 5.75 Å². The van der Waals surface area contributed by atoms with Gasteiger partial charge in [-0.25, -0.2) is 0 Å². The number of benzene rings is 2. The van der Waals surface area contributed by atoms with E-state index < -0.39 is 0 Å². The van der Waals surface area contributed by atoms with Crippen molar-refractivity contribution in [2.75, 3.05) is 5.73 Å². The first-order valence-electron chi connectivity index (χ1n) is 5.18. The number of halogens is 3. The third-order valence-electron chi connectivity index (χ3n) is 2.35. The third-order valence-corrected chi connectivity index (χ3v) is 3.55. The summed E-state index contributed by atoms with van der Waals surface area (Å²) in [6.07, 6.45) is 0. The van der Waals surface area contributed by atoms with Crippen LogP contribution in [-0.2, 0) is 6.61 Å². The zero-order chi connectivity index (χ0) is 13.1. The topological polar surface area (TPSA) is 35.2 Å². The number of nitrogen functional groups attached to an aromatic ring is 1. The molecule has 0 aliphatic carbocycles. The average molecular weight is 347 g/mol. The lowest BCUT2D eigenvalue weighted by atomic mass is 10.2. The maximum absolute atomic E-state index is 5.86. The summed E-state index contributed by atoms with van der Waals surface area (Å²) in [4.78, 5) is 0. The van der Waals surface area contributed by atoms with Gasteiger partial charge in [0, 0.05) is 5.02 Å². The minimum Gasteiger partial charge on any atom is -0.488 e. The highest BCUT2D eigenvalue weighted by Crippen LogP contribution is 2.29. The van der Waals surface area contributed by atoms with E-state index in [-0.39, 0.29) is 0 Å². The summed E-state index contributed by atoms with van der Waals surface area (Å²) in [7, 11) is 0. The molecule has 0 spiro atoms. The van der Waals surface area contributed by atoms with Crippen LogP contribution in [0.25, 0.3) is 0 Å². The Morgan fingerprint density at radius 2 is 1.89 bits per heavy atom. The van der Waals surface area contributed by atoms with Crippen LogP contribution in [0.15, 0.2) is 40.9 Å². The van der Waals surface area contributed by atoms with Gasteiger partial charge in [0.25, 0.3) is 0 Å². The Bertz CT molecular complexity index is 575. The van der Waals surface area contributed by atoms with E-state index in [1.54, 1.807) is 24.3 Å². The molecule has 2 aromatic carbocycles. The normalized spacial score (nSPS) is 10.4. The standard InChI is InChI=1S/C13H10BrCl2NO/c14-10-6-9(15)2-4-13(10)18-7-8-1-3-11(16)12(17)5-8/h1-6H,7,17H2. The Balaban J connectivity index is 2.09. The predicted molar refractivity (Wildman–Crippen MR) is 79.3 cm³/mol. The predicted octanol–water partition coefficient (Wildman–Crippen LogP) is 4.92. The molecular formula is C13H10BrCl2NO. The van der Waals surface area contributed by atoms with E-state index >= 15 is 0 Å². The van der Waals surface area contributed by atoms with Gasteiger partial charge in [0.05, 0.1) is 15.2 Å². The van der Waals surface area contributed by atoms with Gasteiger partial charge in [0.2, 0.25) is 0 Å². The van der Waals surface area contributed by atoms with Crippen molar-refractivity contribution >= 4 is 44.8 Å². The number of hydrogen-bond donors (Lipinski definition) is 1. The lowest BCUT2D eigenvalue weighted by Gasteiger charge is -2.09. The van der Waals surface area contributed by atoms with Gasteiger partial charge in [0.15, 0.2) is 0 Å². The summed E-state index contributed by atoms with van der Waals surface area (Å²) < 4.78 is 6.49. The second-order valence-corrected chi connectivity index (χ2v) is 5.42. The molecule has 18 heavy (non-hydrogen) atoms. The Hall–Kier alpha value is -0.900. The van der Waals surface area contributed by atoms with Gasteiger partial charge in [-0.3, -0.25) is 0 Å². The number of nitrogens with two attached hydrogens (primary N) is 1. The van der Waals surface area contributed by atoms with E-state index in [0.717, 1.165) is 15.8 Å². The minimum atomic E-state index is 0.418. The highest BCUT2D eigenvalue weighted by atomic mass is 79.9. The maximum atomic E-state index is 5.86. The molecule has 2 aromatic rings. The van der Waals surface area contributed by atoms with E-state index in [2.05, 4.69) is 15.9 Å². The van der Waals surface area contributed by atoms with Gasteiger partial charge in [-0.1, -0.05) is 29.3 Å². The molecule has 0 saturated carbocycles. The SMILES string of the molecule is Nc1cc(COc2ccc(Cl)cc2Br)ccc1Cl. The fraction of sp³-hybridized carbons (Fsp3) is 0.0769. The quantitative estimate of drug-likeness (QED) is 0.801. The van der Waals surface area contributed by atoms with E-state index in [0.29, 0.717) is 22.3 Å². The van der Waals surface area contributed by atoms with Gasteiger partial charge < -0.3 is 10.5 Å². The van der Waals surface area contributed by atoms with Gasteiger partial charge >= 0.3 is 0 Å². The van der Waals surface area contributed by atoms with Gasteiger partial charge in [0.1, 0.15) is 12.4 Å². The third kappa shape index (κ3) is 3.31. The fourth-order valence-electron chi connectivity index (χ4n) is 1.44. The number of anilines is 1. The highest BCUT2D eigenvalue weighted by Gasteiger charge is 2.03. The number of ether oxygens (including phenoxy) is 1. The molecular weight excluding hydrogens is 337 g/mol. The van der Waals surface area contributed by atoms with Gasteiger partial charge in [-0.05, 0) is 51.8 Å². The molecule has 2 nitrogen and oxygen atoms in total. The van der Waals surface area contributed by atoms with Crippen LogP contribution in [0.1, 0.15) is 5.56 Å². The monoisotopic (exact) mass is 345 g/mol. The molecule has 0 fully saturated rings. The van der Waals surface area contributed by atoms with E-state index in [1.165, 1.54) is 0 Å². The van der Waals surface area contributed by atoms with Crippen LogP contribution in [0.2, 0.25) is 10.0 Å². The zero-order valence-corrected chi connectivity index (χ0v) is 12.4. The smallest absolute Gasteiger partial charge is 0.134 e. The summed E-state index contributed by atoms with van der Waals surface area (Å²) >= 11 is 15.1. The zero-order valence-electron chi connectivity index (χ0n) is 9.29.